The first-order chi connectivity index (χ1) is 8.71. The van der Waals surface area contributed by atoms with Crippen LogP contribution in [-0.2, 0) is 4.79 Å². The third-order valence-electron chi connectivity index (χ3n) is 5.34. The Morgan fingerprint density at radius 2 is 1.94 bits per heavy atom. The SMILES string of the molecule is CC1(C(=O)N2CCCC2C2CCCC2)CCCN1. The molecule has 0 spiro atoms. The summed E-state index contributed by atoms with van der Waals surface area (Å²) >= 11 is 0. The minimum absolute atomic E-state index is 0.263. The highest BCUT2D eigenvalue weighted by atomic mass is 16.2. The van der Waals surface area contributed by atoms with Crippen molar-refractivity contribution in [3.63, 3.8) is 0 Å². The van der Waals surface area contributed by atoms with E-state index in [1.165, 1.54) is 38.5 Å². The van der Waals surface area contributed by atoms with Crippen molar-refractivity contribution in [2.45, 2.75) is 69.9 Å². The molecule has 2 atom stereocenters. The number of carbonyl (C=O) groups excluding carboxylic acids is 1. The van der Waals surface area contributed by atoms with Crippen molar-refractivity contribution in [1.82, 2.24) is 10.2 Å². The normalized spacial score (nSPS) is 37.6. The standard InChI is InChI=1S/C15H26N2O/c1-15(9-5-10-16-15)14(18)17-11-4-8-13(17)12-6-2-3-7-12/h12-13,16H,2-11H2,1H3. The minimum Gasteiger partial charge on any atom is -0.338 e. The van der Waals surface area contributed by atoms with Gasteiger partial charge in [-0.1, -0.05) is 12.8 Å². The van der Waals surface area contributed by atoms with Gasteiger partial charge in [-0.05, 0) is 57.9 Å². The first-order valence-corrected chi connectivity index (χ1v) is 7.77. The van der Waals surface area contributed by atoms with E-state index in [2.05, 4.69) is 17.1 Å². The van der Waals surface area contributed by atoms with Crippen LogP contribution in [0.25, 0.3) is 0 Å². The number of hydrogen-bond donors (Lipinski definition) is 1. The van der Waals surface area contributed by atoms with E-state index < -0.39 is 0 Å². The summed E-state index contributed by atoms with van der Waals surface area (Å²) in [7, 11) is 0. The summed E-state index contributed by atoms with van der Waals surface area (Å²) in [6, 6.07) is 0.555. The summed E-state index contributed by atoms with van der Waals surface area (Å²) in [4.78, 5) is 15.0. The number of nitrogens with one attached hydrogen (secondary N) is 1. The molecule has 1 amide bonds. The third kappa shape index (κ3) is 2.07. The average Bonchev–Trinajstić information content (AvgIpc) is 3.09. The molecule has 0 bridgehead atoms. The van der Waals surface area contributed by atoms with E-state index >= 15 is 0 Å². The van der Waals surface area contributed by atoms with E-state index in [-0.39, 0.29) is 5.54 Å². The number of nitrogens with zero attached hydrogens (tertiary/aromatic N) is 1. The van der Waals surface area contributed by atoms with Gasteiger partial charge in [0.2, 0.25) is 5.91 Å². The average molecular weight is 250 g/mol. The molecule has 2 unspecified atom stereocenters. The van der Waals surface area contributed by atoms with Gasteiger partial charge >= 0.3 is 0 Å². The molecule has 0 aromatic rings. The molecule has 18 heavy (non-hydrogen) atoms. The smallest absolute Gasteiger partial charge is 0.242 e. The van der Waals surface area contributed by atoms with Crippen molar-refractivity contribution < 1.29 is 4.79 Å². The molecule has 0 aromatic carbocycles. The molecule has 3 aliphatic rings. The molecule has 2 saturated heterocycles. The Kier molecular flexibility index (Phi) is 3.35. The van der Waals surface area contributed by atoms with E-state index in [4.69, 9.17) is 0 Å². The van der Waals surface area contributed by atoms with E-state index in [0.29, 0.717) is 11.9 Å². The highest BCUT2D eigenvalue weighted by Crippen LogP contribution is 2.37. The van der Waals surface area contributed by atoms with Gasteiger partial charge in [-0.15, -0.1) is 0 Å². The van der Waals surface area contributed by atoms with Crippen LogP contribution in [0.5, 0.6) is 0 Å². The molecular formula is C15H26N2O. The number of rotatable bonds is 2. The molecule has 1 aliphatic carbocycles. The Morgan fingerprint density at radius 3 is 2.61 bits per heavy atom. The van der Waals surface area contributed by atoms with Gasteiger partial charge in [0, 0.05) is 12.6 Å². The first kappa shape index (κ1) is 12.5. The molecule has 2 heterocycles. The van der Waals surface area contributed by atoms with Crippen LogP contribution in [0.15, 0.2) is 0 Å². The maximum atomic E-state index is 12.8. The van der Waals surface area contributed by atoms with Crippen LogP contribution >= 0.6 is 0 Å². The summed E-state index contributed by atoms with van der Waals surface area (Å²) in [6.07, 6.45) is 10.0. The molecule has 0 radical (unpaired) electrons. The molecule has 2 aliphatic heterocycles. The van der Waals surface area contributed by atoms with Gasteiger partial charge < -0.3 is 10.2 Å². The van der Waals surface area contributed by atoms with Gasteiger partial charge in [0.1, 0.15) is 0 Å². The lowest BCUT2D eigenvalue weighted by atomic mass is 9.93. The molecule has 3 nitrogen and oxygen atoms in total. The molecule has 3 fully saturated rings. The van der Waals surface area contributed by atoms with E-state index in [0.717, 1.165) is 31.8 Å². The highest BCUT2D eigenvalue weighted by Gasteiger charge is 2.44. The molecule has 3 heteroatoms. The van der Waals surface area contributed by atoms with E-state index in [1.54, 1.807) is 0 Å². The largest absolute Gasteiger partial charge is 0.338 e. The maximum Gasteiger partial charge on any atom is 0.242 e. The second kappa shape index (κ2) is 4.84. The van der Waals surface area contributed by atoms with Gasteiger partial charge in [0.05, 0.1) is 5.54 Å². The fourth-order valence-electron chi connectivity index (χ4n) is 4.27. The van der Waals surface area contributed by atoms with E-state index in [9.17, 15) is 4.79 Å². The van der Waals surface area contributed by atoms with Gasteiger partial charge in [-0.3, -0.25) is 4.79 Å². The summed E-state index contributed by atoms with van der Waals surface area (Å²) in [5, 5.41) is 3.43. The van der Waals surface area contributed by atoms with Crippen LogP contribution in [0.2, 0.25) is 0 Å². The lowest BCUT2D eigenvalue weighted by Crippen LogP contribution is -2.55. The van der Waals surface area contributed by atoms with Gasteiger partial charge in [0.15, 0.2) is 0 Å². The van der Waals surface area contributed by atoms with Crippen LogP contribution in [0, 0.1) is 5.92 Å². The predicted molar refractivity (Wildman–Crippen MR) is 72.3 cm³/mol. The molecule has 0 aromatic heterocycles. The number of hydrogen-bond acceptors (Lipinski definition) is 2. The summed E-state index contributed by atoms with van der Waals surface area (Å²) < 4.78 is 0. The minimum atomic E-state index is -0.263. The molecule has 1 saturated carbocycles. The third-order valence-corrected chi connectivity index (χ3v) is 5.34. The van der Waals surface area contributed by atoms with Crippen molar-refractivity contribution in [3.8, 4) is 0 Å². The number of carbonyl (C=O) groups is 1. The fraction of sp³-hybridized carbons (Fsp3) is 0.933. The Morgan fingerprint density at radius 1 is 1.17 bits per heavy atom. The van der Waals surface area contributed by atoms with E-state index in [1.807, 2.05) is 0 Å². The second-order valence-electron chi connectivity index (χ2n) is 6.62. The highest BCUT2D eigenvalue weighted by molar-refractivity contribution is 5.86. The lowest BCUT2D eigenvalue weighted by Gasteiger charge is -2.35. The van der Waals surface area contributed by atoms with Gasteiger partial charge in [-0.25, -0.2) is 0 Å². The molecule has 3 rings (SSSR count). The number of amides is 1. The molecule has 102 valence electrons. The Bertz CT molecular complexity index is 316. The maximum absolute atomic E-state index is 12.8. The topological polar surface area (TPSA) is 32.3 Å². The quantitative estimate of drug-likeness (QED) is 0.815. The van der Waals surface area contributed by atoms with Crippen LogP contribution < -0.4 is 5.32 Å². The molecule has 1 N–H and O–H groups in total. The zero-order valence-corrected chi connectivity index (χ0v) is 11.6. The van der Waals surface area contributed by atoms with Crippen molar-refractivity contribution in [3.05, 3.63) is 0 Å². The first-order valence-electron chi connectivity index (χ1n) is 7.77. The number of likely N-dealkylation sites (tertiary alicyclic amines) is 1. The van der Waals surface area contributed by atoms with Crippen LogP contribution in [0.4, 0.5) is 0 Å². The summed E-state index contributed by atoms with van der Waals surface area (Å²) in [5.41, 5.74) is -0.263. The van der Waals surface area contributed by atoms with Crippen molar-refractivity contribution in [1.29, 1.82) is 0 Å². The monoisotopic (exact) mass is 250 g/mol. The predicted octanol–water partition coefficient (Wildman–Crippen LogP) is 2.31. The summed E-state index contributed by atoms with van der Waals surface area (Å²) in [5.74, 6) is 1.18. The van der Waals surface area contributed by atoms with Crippen LogP contribution in [0.3, 0.4) is 0 Å². The summed E-state index contributed by atoms with van der Waals surface area (Å²) in [6.45, 7) is 4.10. The lowest BCUT2D eigenvalue weighted by molar-refractivity contribution is -0.139. The molecular weight excluding hydrogens is 224 g/mol. The van der Waals surface area contributed by atoms with Crippen molar-refractivity contribution >= 4 is 5.91 Å². The zero-order chi connectivity index (χ0) is 12.6. The van der Waals surface area contributed by atoms with Crippen molar-refractivity contribution in [2.75, 3.05) is 13.1 Å². The fourth-order valence-corrected chi connectivity index (χ4v) is 4.27. The van der Waals surface area contributed by atoms with Crippen molar-refractivity contribution in [2.24, 2.45) is 5.92 Å². The Balaban J connectivity index is 1.71. The zero-order valence-electron chi connectivity index (χ0n) is 11.6. The van der Waals surface area contributed by atoms with Crippen LogP contribution in [-0.4, -0.2) is 35.5 Å². The van der Waals surface area contributed by atoms with Crippen LogP contribution in [0.1, 0.15) is 58.3 Å². The van der Waals surface area contributed by atoms with Gasteiger partial charge in [0.25, 0.3) is 0 Å². The van der Waals surface area contributed by atoms with Gasteiger partial charge in [-0.2, -0.15) is 0 Å². The Labute approximate surface area is 110 Å². The second-order valence-corrected chi connectivity index (χ2v) is 6.62. The Hall–Kier alpha value is -0.570.